The smallest absolute Gasteiger partial charge is 0.320 e. The average molecular weight is 763 g/mol. The maximum Gasteiger partial charge on any atom is 0.320 e. The topological polar surface area (TPSA) is 217 Å². The molecule has 7 aliphatic rings. The Labute approximate surface area is 315 Å². The van der Waals surface area contributed by atoms with Crippen LogP contribution in [0, 0.1) is 75.9 Å². The molecule has 7 fully saturated rings. The first kappa shape index (κ1) is 44.1. The number of rotatable bonds is 3. The molecule has 0 N–H and O–H groups in total. The minimum atomic E-state index is -0.628. The Hall–Kier alpha value is -4.30. The predicted octanol–water partition coefficient (Wildman–Crippen LogP) is 4.30. The van der Waals surface area contributed by atoms with Crippen molar-refractivity contribution in [3.05, 3.63) is 0 Å². The van der Waals surface area contributed by atoms with Crippen molar-refractivity contribution in [2.24, 2.45) is 75.9 Å². The molecule has 54 heavy (non-hydrogen) atoms. The highest BCUT2D eigenvalue weighted by molar-refractivity contribution is 5.99. The van der Waals surface area contributed by atoms with Crippen molar-refractivity contribution in [3.63, 3.8) is 0 Å². The molecule has 15 nitrogen and oxygen atoms in total. The van der Waals surface area contributed by atoms with Gasteiger partial charge in [0.25, 0.3) is 0 Å². The molecule has 2 saturated carbocycles. The second kappa shape index (κ2) is 17.0. The fourth-order valence-corrected chi connectivity index (χ4v) is 7.49. The molecule has 0 aromatic heterocycles. The fourth-order valence-electron chi connectivity index (χ4n) is 7.49. The van der Waals surface area contributed by atoms with E-state index in [4.69, 9.17) is 4.74 Å². The third-order valence-corrected chi connectivity index (χ3v) is 12.9. The van der Waals surface area contributed by atoms with E-state index < -0.39 is 40.7 Å². The van der Waals surface area contributed by atoms with Crippen LogP contribution in [0.4, 0.5) is 0 Å². The first-order valence-electron chi connectivity index (χ1n) is 18.7. The van der Waals surface area contributed by atoms with Crippen molar-refractivity contribution in [2.75, 3.05) is 0 Å². The SMILES string of the molecule is CC1C(=O)OC(=O)C1(C)C.CC1C(=O)OC(=O)C1C.CC1C(C)C2CC1C1C(=O)OC(=O)C21.CCC(C)C1CC(=O)OC1=O.CCC1(C)CC(=O)OC1=O. The van der Waals surface area contributed by atoms with Crippen LogP contribution in [0.15, 0.2) is 0 Å². The highest BCUT2D eigenvalue weighted by Crippen LogP contribution is 2.60. The van der Waals surface area contributed by atoms with Gasteiger partial charge in [0, 0.05) is 0 Å². The summed E-state index contributed by atoms with van der Waals surface area (Å²) in [7, 11) is 0. The molecular formula is C39H54O15. The Kier molecular flexibility index (Phi) is 13.9. The van der Waals surface area contributed by atoms with E-state index in [9.17, 15) is 47.9 Å². The summed E-state index contributed by atoms with van der Waals surface area (Å²) in [6.45, 7) is 20.5. The summed E-state index contributed by atoms with van der Waals surface area (Å²) >= 11 is 0. The lowest BCUT2D eigenvalue weighted by Gasteiger charge is -2.30. The number of fused-ring (bicyclic) bond motifs is 5. The van der Waals surface area contributed by atoms with E-state index >= 15 is 0 Å². The van der Waals surface area contributed by atoms with Gasteiger partial charge in [-0.25, -0.2) is 0 Å². The van der Waals surface area contributed by atoms with Gasteiger partial charge in [0.15, 0.2) is 0 Å². The van der Waals surface area contributed by atoms with E-state index in [1.807, 2.05) is 20.8 Å². The van der Waals surface area contributed by atoms with Gasteiger partial charge in [0.2, 0.25) is 0 Å². The number of carbonyl (C=O) groups is 10. The van der Waals surface area contributed by atoms with Gasteiger partial charge in [0.05, 0.1) is 59.2 Å². The number of ether oxygens (including phenoxy) is 5. The minimum absolute atomic E-state index is 0.0984. The van der Waals surface area contributed by atoms with Crippen LogP contribution < -0.4 is 0 Å². The average Bonchev–Trinajstić information content (AvgIpc) is 3.94. The fraction of sp³-hybridized carbons (Fsp3) is 0.744. The van der Waals surface area contributed by atoms with Gasteiger partial charge >= 0.3 is 59.7 Å². The van der Waals surface area contributed by atoms with Crippen molar-refractivity contribution >= 4 is 59.7 Å². The standard InChI is InChI=1S/C11H14O3.C8H12O3.2C7H10O3.C6H8O3/c1-4-5(2)7-3-6(4)8-9(7)11(13)14-10(8)12;1-3-5(2)6-4-7(9)11-8(6)10;1-4-5(8)10-6(9)7(4,2)3;1-3-7(2)4-5(8)10-6(7)9;1-3-4(2)6(8)9-5(3)7/h4-9H,3H2,1-2H3;5-6H,3-4H2,1-2H3;4H,1-3H3;3-4H2,1-2H3;3-4H,1-2H3. The molecule has 7 rings (SSSR count). The van der Waals surface area contributed by atoms with Gasteiger partial charge in [-0.05, 0) is 63.2 Å². The van der Waals surface area contributed by atoms with Crippen LogP contribution in [0.25, 0.3) is 0 Å². The molecule has 0 radical (unpaired) electrons. The highest BCUT2D eigenvalue weighted by atomic mass is 16.6. The quantitative estimate of drug-likeness (QED) is 0.223. The maximum absolute atomic E-state index is 11.5. The molecular weight excluding hydrogens is 708 g/mol. The Morgan fingerprint density at radius 3 is 1.33 bits per heavy atom. The van der Waals surface area contributed by atoms with E-state index in [1.54, 1.807) is 41.5 Å². The summed E-state index contributed by atoms with van der Waals surface area (Å²) in [4.78, 5) is 109. The van der Waals surface area contributed by atoms with Crippen LogP contribution in [-0.4, -0.2) is 59.7 Å². The summed E-state index contributed by atoms with van der Waals surface area (Å²) in [6, 6.07) is 0. The molecule has 0 aromatic rings. The molecule has 2 bridgehead atoms. The Bertz CT molecular complexity index is 1520. The third kappa shape index (κ3) is 8.97. The first-order valence-corrected chi connectivity index (χ1v) is 18.7. The van der Waals surface area contributed by atoms with Gasteiger partial charge in [-0.15, -0.1) is 0 Å². The van der Waals surface area contributed by atoms with Crippen molar-refractivity contribution in [3.8, 4) is 0 Å². The van der Waals surface area contributed by atoms with E-state index in [1.165, 1.54) is 0 Å². The lowest BCUT2D eigenvalue weighted by Crippen LogP contribution is -2.34. The largest absolute Gasteiger partial charge is 0.393 e. The minimum Gasteiger partial charge on any atom is -0.393 e. The van der Waals surface area contributed by atoms with Crippen LogP contribution in [-0.2, 0) is 71.6 Å². The number of carbonyl (C=O) groups excluding carboxylic acids is 10. The molecule has 5 heterocycles. The normalized spacial score (nSPS) is 37.2. The third-order valence-electron chi connectivity index (χ3n) is 12.9. The van der Waals surface area contributed by atoms with Gasteiger partial charge in [-0.1, -0.05) is 61.8 Å². The molecule has 15 heteroatoms. The summed E-state index contributed by atoms with van der Waals surface area (Å²) in [5.74, 6) is -2.61. The zero-order chi connectivity index (χ0) is 41.2. The van der Waals surface area contributed by atoms with E-state index in [0.29, 0.717) is 30.1 Å². The summed E-state index contributed by atoms with van der Waals surface area (Å²) in [5.41, 5.74) is -1.17. The van der Waals surface area contributed by atoms with Crippen molar-refractivity contribution in [1.82, 2.24) is 0 Å². The predicted molar refractivity (Wildman–Crippen MR) is 184 cm³/mol. The van der Waals surface area contributed by atoms with Gasteiger partial charge in [-0.2, -0.15) is 0 Å². The molecule has 0 spiro atoms. The summed E-state index contributed by atoms with van der Waals surface area (Å²) < 4.78 is 22.3. The van der Waals surface area contributed by atoms with Crippen LogP contribution in [0.2, 0.25) is 0 Å². The molecule has 5 aliphatic heterocycles. The van der Waals surface area contributed by atoms with Gasteiger partial charge < -0.3 is 23.7 Å². The molecule has 12 unspecified atom stereocenters. The summed E-state index contributed by atoms with van der Waals surface area (Å²) in [6.07, 6.45) is 3.14. The van der Waals surface area contributed by atoms with E-state index in [0.717, 1.165) is 12.8 Å². The molecule has 300 valence electrons. The number of esters is 10. The first-order chi connectivity index (χ1) is 24.9. The van der Waals surface area contributed by atoms with Gasteiger partial charge in [0.1, 0.15) is 0 Å². The van der Waals surface area contributed by atoms with Crippen LogP contribution in [0.1, 0.15) is 108 Å². The lowest BCUT2D eigenvalue weighted by atomic mass is 9.70. The van der Waals surface area contributed by atoms with Crippen LogP contribution in [0.3, 0.4) is 0 Å². The van der Waals surface area contributed by atoms with Crippen LogP contribution in [0.5, 0.6) is 0 Å². The van der Waals surface area contributed by atoms with Crippen LogP contribution >= 0.6 is 0 Å². The van der Waals surface area contributed by atoms with Crippen molar-refractivity contribution in [1.29, 1.82) is 0 Å². The van der Waals surface area contributed by atoms with Crippen molar-refractivity contribution < 1.29 is 71.6 Å². The number of hydrogen-bond acceptors (Lipinski definition) is 15. The lowest BCUT2D eigenvalue weighted by molar-refractivity contribution is -0.156. The Morgan fingerprint density at radius 2 is 1.07 bits per heavy atom. The zero-order valence-corrected chi connectivity index (χ0v) is 33.0. The molecule has 5 saturated heterocycles. The summed E-state index contributed by atoms with van der Waals surface area (Å²) in [5, 5.41) is 0. The number of cyclic esters (lactones) is 10. The number of hydrogen-bond donors (Lipinski definition) is 0. The molecule has 0 amide bonds. The molecule has 12 atom stereocenters. The maximum atomic E-state index is 11.5. The highest BCUT2D eigenvalue weighted by Gasteiger charge is 2.64. The Balaban J connectivity index is 0.000000183. The molecule has 0 aromatic carbocycles. The van der Waals surface area contributed by atoms with Crippen molar-refractivity contribution in [2.45, 2.75) is 108 Å². The Morgan fingerprint density at radius 1 is 0.593 bits per heavy atom. The van der Waals surface area contributed by atoms with E-state index in [2.05, 4.69) is 32.8 Å². The monoisotopic (exact) mass is 762 g/mol. The molecule has 2 aliphatic carbocycles. The van der Waals surface area contributed by atoms with Gasteiger partial charge in [-0.3, -0.25) is 47.9 Å². The second-order valence-corrected chi connectivity index (χ2v) is 16.4. The second-order valence-electron chi connectivity index (χ2n) is 16.4. The zero-order valence-electron chi connectivity index (χ0n) is 33.0. The van der Waals surface area contributed by atoms with E-state index in [-0.39, 0.29) is 84.1 Å².